The van der Waals surface area contributed by atoms with E-state index in [1.165, 1.54) is 6.20 Å². The quantitative estimate of drug-likeness (QED) is 0.814. The zero-order chi connectivity index (χ0) is 15.3. The van der Waals surface area contributed by atoms with Crippen LogP contribution in [0.5, 0.6) is 0 Å². The number of hydrogen-bond acceptors (Lipinski definition) is 4. The summed E-state index contributed by atoms with van der Waals surface area (Å²) >= 11 is 0. The van der Waals surface area contributed by atoms with E-state index in [0.717, 1.165) is 5.56 Å². The average molecular weight is 295 g/mol. The lowest BCUT2D eigenvalue weighted by Crippen LogP contribution is -2.44. The third-order valence-corrected chi connectivity index (χ3v) is 3.23. The number of ketones is 1. The highest BCUT2D eigenvalue weighted by molar-refractivity contribution is 6.01. The molecule has 1 heterocycles. The Bertz CT molecular complexity index is 543. The van der Waals surface area contributed by atoms with Crippen molar-refractivity contribution in [2.75, 3.05) is 6.54 Å². The van der Waals surface area contributed by atoms with Crippen molar-refractivity contribution < 1.29 is 23.1 Å². The molecule has 1 aliphatic rings. The van der Waals surface area contributed by atoms with Gasteiger partial charge in [-0.05, 0) is 5.56 Å². The predicted molar refractivity (Wildman–Crippen MR) is 71.7 cm³/mol. The Hall–Kier alpha value is -2.24. The van der Waals surface area contributed by atoms with Crippen molar-refractivity contribution in [3.05, 3.63) is 47.7 Å². The molecule has 1 aliphatic heterocycles. The summed E-state index contributed by atoms with van der Waals surface area (Å²) in [5.74, 6) is -4.63. The fraction of sp³-hybridized carbons (Fsp3) is 0.333. The molecule has 0 amide bonds. The second kappa shape index (κ2) is 6.47. The Balaban J connectivity index is 2.08. The van der Waals surface area contributed by atoms with Crippen LogP contribution >= 0.6 is 0 Å². The standard InChI is InChI=1S/C15H15F2NO3/c16-15(17)9-18-8-12(14(15)20)7-13(21-10-19)6-11-4-2-1-3-5-11/h1-5,8,10,13,18H,6-7,9H2. The van der Waals surface area contributed by atoms with Crippen LogP contribution in [-0.4, -0.2) is 30.8 Å². The Morgan fingerprint density at radius 3 is 2.67 bits per heavy atom. The highest BCUT2D eigenvalue weighted by atomic mass is 19.3. The molecule has 0 aromatic heterocycles. The van der Waals surface area contributed by atoms with E-state index in [-0.39, 0.29) is 18.5 Å². The second-order valence-electron chi connectivity index (χ2n) is 4.83. The number of Topliss-reactive ketones (excluding diaryl/α,β-unsaturated/α-hetero) is 1. The first-order chi connectivity index (χ1) is 10.0. The van der Waals surface area contributed by atoms with Gasteiger partial charge in [-0.3, -0.25) is 9.59 Å². The van der Waals surface area contributed by atoms with Gasteiger partial charge < -0.3 is 10.1 Å². The van der Waals surface area contributed by atoms with Gasteiger partial charge >= 0.3 is 5.92 Å². The van der Waals surface area contributed by atoms with Crippen LogP contribution < -0.4 is 5.32 Å². The average Bonchev–Trinajstić information content (AvgIpc) is 2.45. The van der Waals surface area contributed by atoms with E-state index in [1.54, 1.807) is 0 Å². The minimum atomic E-state index is -3.41. The van der Waals surface area contributed by atoms with Crippen LogP contribution in [0.4, 0.5) is 8.78 Å². The summed E-state index contributed by atoms with van der Waals surface area (Å²) in [6, 6.07) is 9.18. The summed E-state index contributed by atoms with van der Waals surface area (Å²) in [6.07, 6.45) is 0.923. The highest BCUT2D eigenvalue weighted by Gasteiger charge is 2.42. The Kier molecular flexibility index (Phi) is 4.67. The topological polar surface area (TPSA) is 55.4 Å². The number of alkyl halides is 2. The number of carbonyl (C=O) groups excluding carboxylic acids is 2. The van der Waals surface area contributed by atoms with E-state index < -0.39 is 24.4 Å². The van der Waals surface area contributed by atoms with Crippen LogP contribution in [0.1, 0.15) is 12.0 Å². The first-order valence-electron chi connectivity index (χ1n) is 6.51. The molecule has 4 nitrogen and oxygen atoms in total. The van der Waals surface area contributed by atoms with Gasteiger partial charge in [0.25, 0.3) is 6.47 Å². The lowest BCUT2D eigenvalue weighted by molar-refractivity contribution is -0.140. The maximum atomic E-state index is 13.3. The van der Waals surface area contributed by atoms with Gasteiger partial charge in [-0.2, -0.15) is 8.78 Å². The molecule has 0 aliphatic carbocycles. The number of hydrogen-bond donors (Lipinski definition) is 1. The van der Waals surface area contributed by atoms with Crippen LogP contribution in [0, 0.1) is 0 Å². The van der Waals surface area contributed by atoms with Gasteiger partial charge in [0.15, 0.2) is 0 Å². The van der Waals surface area contributed by atoms with Gasteiger partial charge in [-0.1, -0.05) is 30.3 Å². The van der Waals surface area contributed by atoms with Crippen molar-refractivity contribution in [2.45, 2.75) is 24.9 Å². The third-order valence-electron chi connectivity index (χ3n) is 3.23. The maximum absolute atomic E-state index is 13.3. The smallest absolute Gasteiger partial charge is 0.326 e. The summed E-state index contributed by atoms with van der Waals surface area (Å²) in [5.41, 5.74) is 0.835. The van der Waals surface area contributed by atoms with Gasteiger partial charge in [-0.15, -0.1) is 0 Å². The fourth-order valence-corrected chi connectivity index (χ4v) is 2.20. The summed E-state index contributed by atoms with van der Waals surface area (Å²) in [7, 11) is 0. The van der Waals surface area contributed by atoms with E-state index >= 15 is 0 Å². The summed E-state index contributed by atoms with van der Waals surface area (Å²) in [6.45, 7) is -0.430. The van der Waals surface area contributed by atoms with E-state index in [0.29, 0.717) is 6.42 Å². The summed E-state index contributed by atoms with van der Waals surface area (Å²) in [4.78, 5) is 22.2. The number of ether oxygens (including phenoxy) is 1. The number of halogens is 2. The molecule has 1 N–H and O–H groups in total. The molecule has 1 atom stereocenters. The molecule has 6 heteroatoms. The first kappa shape index (κ1) is 15.2. The largest absolute Gasteiger partial charge is 0.464 e. The number of rotatable bonds is 6. The highest BCUT2D eigenvalue weighted by Crippen LogP contribution is 2.25. The van der Waals surface area contributed by atoms with Crippen molar-refractivity contribution in [1.29, 1.82) is 0 Å². The molecular weight excluding hydrogens is 280 g/mol. The third kappa shape index (κ3) is 3.87. The molecule has 21 heavy (non-hydrogen) atoms. The molecular formula is C15H15F2NO3. The maximum Gasteiger partial charge on any atom is 0.326 e. The molecule has 0 spiro atoms. The van der Waals surface area contributed by atoms with Gasteiger partial charge in [0.05, 0.1) is 6.54 Å². The van der Waals surface area contributed by atoms with E-state index in [2.05, 4.69) is 5.32 Å². The SMILES string of the molecule is O=COC(CC1=CNCC(F)(F)C1=O)Cc1ccccc1. The monoisotopic (exact) mass is 295 g/mol. The minimum Gasteiger partial charge on any atom is -0.464 e. The molecule has 1 aromatic carbocycles. The normalized spacial score (nSPS) is 18.4. The molecule has 0 radical (unpaired) electrons. The summed E-state index contributed by atoms with van der Waals surface area (Å²) < 4.78 is 31.6. The van der Waals surface area contributed by atoms with E-state index in [1.807, 2.05) is 30.3 Å². The number of carbonyl (C=O) groups is 2. The van der Waals surface area contributed by atoms with Crippen LogP contribution in [0.15, 0.2) is 42.1 Å². The predicted octanol–water partition coefficient (Wildman–Crippen LogP) is 1.85. The minimum absolute atomic E-state index is 0.0466. The lowest BCUT2D eigenvalue weighted by Gasteiger charge is -2.24. The Labute approximate surface area is 120 Å². The molecule has 2 rings (SSSR count). The van der Waals surface area contributed by atoms with Gasteiger partial charge in [0.1, 0.15) is 6.10 Å². The Morgan fingerprint density at radius 1 is 1.29 bits per heavy atom. The van der Waals surface area contributed by atoms with Crippen molar-refractivity contribution in [3.8, 4) is 0 Å². The Morgan fingerprint density at radius 2 is 2.00 bits per heavy atom. The van der Waals surface area contributed by atoms with Gasteiger partial charge in [0.2, 0.25) is 5.78 Å². The van der Waals surface area contributed by atoms with Crippen LogP contribution in [-0.2, 0) is 20.7 Å². The van der Waals surface area contributed by atoms with E-state index in [4.69, 9.17) is 4.74 Å². The van der Waals surface area contributed by atoms with Crippen molar-refractivity contribution in [1.82, 2.24) is 5.32 Å². The molecule has 0 bridgehead atoms. The summed E-state index contributed by atoms with van der Waals surface area (Å²) in [5, 5.41) is 2.39. The van der Waals surface area contributed by atoms with Crippen LogP contribution in [0.25, 0.3) is 0 Å². The molecule has 0 saturated heterocycles. The fourth-order valence-electron chi connectivity index (χ4n) is 2.20. The van der Waals surface area contributed by atoms with Crippen molar-refractivity contribution >= 4 is 12.3 Å². The molecule has 0 fully saturated rings. The van der Waals surface area contributed by atoms with E-state index in [9.17, 15) is 18.4 Å². The van der Waals surface area contributed by atoms with Gasteiger partial charge in [-0.25, -0.2) is 0 Å². The van der Waals surface area contributed by atoms with Crippen molar-refractivity contribution in [3.63, 3.8) is 0 Å². The lowest BCUT2D eigenvalue weighted by atomic mass is 9.95. The second-order valence-corrected chi connectivity index (χ2v) is 4.83. The zero-order valence-electron chi connectivity index (χ0n) is 11.2. The molecule has 112 valence electrons. The van der Waals surface area contributed by atoms with Crippen LogP contribution in [0.2, 0.25) is 0 Å². The first-order valence-corrected chi connectivity index (χ1v) is 6.51. The molecule has 1 aromatic rings. The van der Waals surface area contributed by atoms with Crippen molar-refractivity contribution in [2.24, 2.45) is 0 Å². The number of benzene rings is 1. The molecule has 1 unspecified atom stereocenters. The molecule has 0 saturated carbocycles. The number of nitrogens with one attached hydrogen (secondary N) is 1. The van der Waals surface area contributed by atoms with Crippen LogP contribution in [0.3, 0.4) is 0 Å². The van der Waals surface area contributed by atoms with Gasteiger partial charge in [0, 0.05) is 24.6 Å². The zero-order valence-corrected chi connectivity index (χ0v) is 11.2.